The van der Waals surface area contributed by atoms with Gasteiger partial charge in [0.25, 0.3) is 11.8 Å². The summed E-state index contributed by atoms with van der Waals surface area (Å²) in [4.78, 5) is 48.0. The summed E-state index contributed by atoms with van der Waals surface area (Å²) < 4.78 is 5.22. The molecule has 0 radical (unpaired) electrons. The van der Waals surface area contributed by atoms with Crippen LogP contribution >= 0.6 is 0 Å². The first-order valence-electron chi connectivity index (χ1n) is 9.44. The minimum atomic E-state index is -0.514. The third kappa shape index (κ3) is 6.69. The second kappa shape index (κ2) is 9.01. The molecule has 0 aromatic carbocycles. The van der Waals surface area contributed by atoms with Crippen LogP contribution in [-0.2, 0) is 19.1 Å². The molecule has 8 nitrogen and oxygen atoms in total. The molecule has 2 aliphatic rings. The highest BCUT2D eigenvalue weighted by molar-refractivity contribution is 6.12. The van der Waals surface area contributed by atoms with Gasteiger partial charge in [0.1, 0.15) is 5.60 Å². The van der Waals surface area contributed by atoms with Crippen LogP contribution in [0.3, 0.4) is 0 Å². The van der Waals surface area contributed by atoms with E-state index in [1.54, 1.807) is 0 Å². The first kappa shape index (κ1) is 20.9. The van der Waals surface area contributed by atoms with E-state index in [0.29, 0.717) is 12.5 Å². The van der Waals surface area contributed by atoms with Crippen LogP contribution in [0.15, 0.2) is 12.2 Å². The van der Waals surface area contributed by atoms with Crippen molar-refractivity contribution in [1.82, 2.24) is 15.5 Å². The quantitative estimate of drug-likeness (QED) is 0.678. The number of ether oxygens (including phenoxy) is 1. The minimum absolute atomic E-state index is 0.0411. The van der Waals surface area contributed by atoms with Crippen LogP contribution in [0.25, 0.3) is 0 Å². The lowest BCUT2D eigenvalue weighted by atomic mass is 9.81. The molecule has 1 saturated carbocycles. The number of carbonyl (C=O) groups excluding carboxylic acids is 4. The van der Waals surface area contributed by atoms with E-state index in [1.807, 2.05) is 20.8 Å². The zero-order chi connectivity index (χ0) is 20.0. The Bertz CT molecular complexity index is 597. The van der Waals surface area contributed by atoms with Gasteiger partial charge >= 0.3 is 6.09 Å². The molecule has 0 saturated heterocycles. The molecular weight excluding hydrogens is 350 g/mol. The van der Waals surface area contributed by atoms with Gasteiger partial charge in [-0.2, -0.15) is 0 Å². The van der Waals surface area contributed by atoms with E-state index in [0.717, 1.165) is 30.6 Å². The first-order valence-corrected chi connectivity index (χ1v) is 9.44. The summed E-state index contributed by atoms with van der Waals surface area (Å²) in [5.41, 5.74) is -0.514. The maximum absolute atomic E-state index is 12.3. The highest BCUT2D eigenvalue weighted by Gasteiger charge is 2.28. The van der Waals surface area contributed by atoms with Crippen molar-refractivity contribution in [1.29, 1.82) is 0 Å². The van der Waals surface area contributed by atoms with Gasteiger partial charge in [-0.15, -0.1) is 0 Å². The fraction of sp³-hybridized carbons (Fsp3) is 0.684. The summed E-state index contributed by atoms with van der Waals surface area (Å²) in [6.07, 6.45) is 5.29. The van der Waals surface area contributed by atoms with Crippen molar-refractivity contribution in [3.05, 3.63) is 12.2 Å². The summed E-state index contributed by atoms with van der Waals surface area (Å²) in [6, 6.07) is 0. The lowest BCUT2D eigenvalue weighted by Crippen LogP contribution is -2.41. The van der Waals surface area contributed by atoms with Crippen LogP contribution in [0.5, 0.6) is 0 Å². The van der Waals surface area contributed by atoms with Crippen LogP contribution < -0.4 is 10.6 Å². The van der Waals surface area contributed by atoms with Crippen LogP contribution in [0.4, 0.5) is 4.79 Å². The fourth-order valence-corrected chi connectivity index (χ4v) is 3.26. The van der Waals surface area contributed by atoms with Gasteiger partial charge in [0, 0.05) is 37.7 Å². The van der Waals surface area contributed by atoms with Gasteiger partial charge < -0.3 is 15.4 Å². The summed E-state index contributed by atoms with van der Waals surface area (Å²) in [5.74, 6) is -0.446. The molecule has 0 bridgehead atoms. The number of hydrogen-bond donors (Lipinski definition) is 2. The number of alkyl carbamates (subject to hydrolysis) is 1. The fourth-order valence-electron chi connectivity index (χ4n) is 3.26. The van der Waals surface area contributed by atoms with Gasteiger partial charge in [0.05, 0.1) is 0 Å². The van der Waals surface area contributed by atoms with Gasteiger partial charge in [-0.1, -0.05) is 0 Å². The van der Waals surface area contributed by atoms with Crippen LogP contribution in [0.2, 0.25) is 0 Å². The smallest absolute Gasteiger partial charge is 0.407 e. The Morgan fingerprint density at radius 2 is 1.67 bits per heavy atom. The molecule has 2 N–H and O–H groups in total. The summed E-state index contributed by atoms with van der Waals surface area (Å²) in [5, 5.41) is 5.60. The van der Waals surface area contributed by atoms with Gasteiger partial charge in [0.2, 0.25) is 5.91 Å². The highest BCUT2D eigenvalue weighted by Crippen LogP contribution is 2.28. The molecule has 1 aliphatic heterocycles. The molecule has 0 spiro atoms. The Morgan fingerprint density at radius 3 is 2.22 bits per heavy atom. The van der Waals surface area contributed by atoms with Crippen molar-refractivity contribution in [2.75, 3.05) is 19.6 Å². The predicted octanol–water partition coefficient (Wildman–Crippen LogP) is 1.36. The Morgan fingerprint density at radius 1 is 1.07 bits per heavy atom. The highest BCUT2D eigenvalue weighted by atomic mass is 16.6. The molecule has 4 amide bonds. The number of nitrogens with one attached hydrogen (secondary N) is 2. The molecule has 8 heteroatoms. The normalized spacial score (nSPS) is 22.7. The number of carbonyl (C=O) groups is 4. The molecule has 1 aliphatic carbocycles. The van der Waals surface area contributed by atoms with E-state index in [9.17, 15) is 19.2 Å². The standard InChI is InChI=1S/C19H29N3O5/c1-19(2,3)27-18(26)21-12-13-4-6-14(7-5-13)17(25)20-10-11-22-15(23)8-9-16(22)24/h8-9,13-14H,4-7,10-12H2,1-3H3,(H,20,25)(H,21,26). The summed E-state index contributed by atoms with van der Waals surface area (Å²) in [6.45, 7) is 6.46. The van der Waals surface area contributed by atoms with E-state index >= 15 is 0 Å². The maximum atomic E-state index is 12.3. The molecule has 0 aromatic heterocycles. The Labute approximate surface area is 159 Å². The largest absolute Gasteiger partial charge is 0.444 e. The molecule has 1 fully saturated rings. The van der Waals surface area contributed by atoms with Crippen molar-refractivity contribution in [3.63, 3.8) is 0 Å². The average Bonchev–Trinajstić information content (AvgIpc) is 2.91. The number of hydrogen-bond acceptors (Lipinski definition) is 5. The predicted molar refractivity (Wildman–Crippen MR) is 98.6 cm³/mol. The van der Waals surface area contributed by atoms with Gasteiger partial charge in [-0.05, 0) is 52.4 Å². The Hall–Kier alpha value is -2.38. The molecule has 0 unspecified atom stereocenters. The van der Waals surface area contributed by atoms with Crippen molar-refractivity contribution < 1.29 is 23.9 Å². The van der Waals surface area contributed by atoms with E-state index in [1.165, 1.54) is 12.2 Å². The van der Waals surface area contributed by atoms with E-state index in [-0.39, 0.29) is 36.7 Å². The van der Waals surface area contributed by atoms with Gasteiger partial charge in [-0.25, -0.2) is 4.79 Å². The second-order valence-electron chi connectivity index (χ2n) is 8.05. The molecule has 150 valence electrons. The van der Waals surface area contributed by atoms with E-state index < -0.39 is 11.7 Å². The second-order valence-corrected chi connectivity index (χ2v) is 8.05. The Balaban J connectivity index is 1.62. The van der Waals surface area contributed by atoms with Crippen LogP contribution in [0.1, 0.15) is 46.5 Å². The minimum Gasteiger partial charge on any atom is -0.444 e. The lowest BCUT2D eigenvalue weighted by molar-refractivity contribution is -0.137. The molecule has 2 rings (SSSR count). The lowest BCUT2D eigenvalue weighted by Gasteiger charge is -2.28. The number of rotatable bonds is 6. The SMILES string of the molecule is CC(C)(C)OC(=O)NCC1CCC(C(=O)NCCN2C(=O)C=CC2=O)CC1. The van der Waals surface area contributed by atoms with Crippen molar-refractivity contribution in [2.24, 2.45) is 11.8 Å². The topological polar surface area (TPSA) is 105 Å². The Kier molecular flexibility index (Phi) is 6.98. The number of nitrogens with zero attached hydrogens (tertiary/aromatic N) is 1. The zero-order valence-corrected chi connectivity index (χ0v) is 16.2. The van der Waals surface area contributed by atoms with E-state index in [2.05, 4.69) is 10.6 Å². The average molecular weight is 379 g/mol. The monoisotopic (exact) mass is 379 g/mol. The van der Waals surface area contributed by atoms with Crippen molar-refractivity contribution in [3.8, 4) is 0 Å². The van der Waals surface area contributed by atoms with E-state index in [4.69, 9.17) is 4.74 Å². The summed E-state index contributed by atoms with van der Waals surface area (Å²) >= 11 is 0. The van der Waals surface area contributed by atoms with Gasteiger partial charge in [-0.3, -0.25) is 19.3 Å². The first-order chi connectivity index (χ1) is 12.7. The van der Waals surface area contributed by atoms with Crippen LogP contribution in [0, 0.1) is 11.8 Å². The molecule has 0 atom stereocenters. The maximum Gasteiger partial charge on any atom is 0.407 e. The third-order valence-electron chi connectivity index (χ3n) is 4.69. The van der Waals surface area contributed by atoms with Crippen molar-refractivity contribution in [2.45, 2.75) is 52.1 Å². The molecule has 0 aromatic rings. The molecular formula is C19H29N3O5. The number of amides is 4. The van der Waals surface area contributed by atoms with Crippen molar-refractivity contribution >= 4 is 23.8 Å². The number of imide groups is 1. The molecule has 1 heterocycles. The zero-order valence-electron chi connectivity index (χ0n) is 16.2. The summed E-state index contributed by atoms with van der Waals surface area (Å²) in [7, 11) is 0. The van der Waals surface area contributed by atoms with Gasteiger partial charge in [0.15, 0.2) is 0 Å². The van der Waals surface area contributed by atoms with Crippen LogP contribution in [-0.4, -0.2) is 54.0 Å². The molecule has 27 heavy (non-hydrogen) atoms. The third-order valence-corrected chi connectivity index (χ3v) is 4.69.